The number of hydrogen-bond acceptors (Lipinski definition) is 3. The van der Waals surface area contributed by atoms with Gasteiger partial charge in [0.1, 0.15) is 5.82 Å². The Kier molecular flexibility index (Phi) is 2.83. The van der Waals surface area contributed by atoms with E-state index in [9.17, 15) is 0 Å². The fourth-order valence-corrected chi connectivity index (χ4v) is 1.69. The third kappa shape index (κ3) is 1.92. The normalized spacial score (nSPS) is 10.5. The molecule has 0 aliphatic rings. The molecule has 1 heterocycles. The second-order valence-electron chi connectivity index (χ2n) is 3.42. The summed E-state index contributed by atoms with van der Waals surface area (Å²) >= 11 is 0. The number of fused-ring (bicyclic) bond motifs is 1. The van der Waals surface area contributed by atoms with Gasteiger partial charge in [0.25, 0.3) is 0 Å². The van der Waals surface area contributed by atoms with Gasteiger partial charge in [-0.2, -0.15) is 0 Å². The fourth-order valence-electron chi connectivity index (χ4n) is 1.69. The highest BCUT2D eigenvalue weighted by Crippen LogP contribution is 2.19. The molecule has 0 unspecified atom stereocenters. The van der Waals surface area contributed by atoms with Gasteiger partial charge in [0.15, 0.2) is 0 Å². The molecule has 1 aromatic heterocycles. The Balaban J connectivity index is 2.60. The lowest BCUT2D eigenvalue weighted by Crippen LogP contribution is -2.03. The maximum absolute atomic E-state index is 5.73. The van der Waals surface area contributed by atoms with Crippen LogP contribution in [-0.4, -0.2) is 11.5 Å². The van der Waals surface area contributed by atoms with Crippen molar-refractivity contribution in [1.82, 2.24) is 4.98 Å². The van der Waals surface area contributed by atoms with Crippen LogP contribution < -0.4 is 11.1 Å². The van der Waals surface area contributed by atoms with Crippen LogP contribution in [0.1, 0.15) is 12.5 Å². The molecule has 3 N–H and O–H groups in total. The predicted molar refractivity (Wildman–Crippen MR) is 63.8 cm³/mol. The number of para-hydroxylation sites is 1. The number of pyridine rings is 1. The molecule has 0 spiro atoms. The summed E-state index contributed by atoms with van der Waals surface area (Å²) in [4.78, 5) is 4.51. The molecule has 0 radical (unpaired) electrons. The van der Waals surface area contributed by atoms with Crippen LogP contribution in [0.25, 0.3) is 10.9 Å². The van der Waals surface area contributed by atoms with Gasteiger partial charge in [-0.25, -0.2) is 4.98 Å². The van der Waals surface area contributed by atoms with Gasteiger partial charge < -0.3 is 11.1 Å². The molecular weight excluding hydrogens is 186 g/mol. The van der Waals surface area contributed by atoms with E-state index in [4.69, 9.17) is 5.73 Å². The molecule has 0 saturated carbocycles. The second kappa shape index (κ2) is 4.28. The molecular formula is C12H15N3. The van der Waals surface area contributed by atoms with E-state index >= 15 is 0 Å². The average molecular weight is 201 g/mol. The molecule has 0 aliphatic carbocycles. The van der Waals surface area contributed by atoms with E-state index in [-0.39, 0.29) is 0 Å². The summed E-state index contributed by atoms with van der Waals surface area (Å²) in [5, 5.41) is 4.35. The van der Waals surface area contributed by atoms with E-state index in [0.717, 1.165) is 28.8 Å². The highest BCUT2D eigenvalue weighted by molar-refractivity contribution is 5.83. The third-order valence-corrected chi connectivity index (χ3v) is 2.38. The number of hydrogen-bond donors (Lipinski definition) is 2. The standard InChI is InChI=1S/C12H15N3/c1-2-14-12-7-9(8-13)10-5-3-4-6-11(10)15-12/h3-7H,2,8,13H2,1H3,(H,14,15). The minimum Gasteiger partial charge on any atom is -0.370 e. The number of aromatic nitrogens is 1. The molecule has 0 aliphatic heterocycles. The van der Waals surface area contributed by atoms with Crippen LogP contribution in [0.15, 0.2) is 30.3 Å². The van der Waals surface area contributed by atoms with Gasteiger partial charge in [-0.3, -0.25) is 0 Å². The Morgan fingerprint density at radius 2 is 2.13 bits per heavy atom. The smallest absolute Gasteiger partial charge is 0.126 e. The average Bonchev–Trinajstić information content (AvgIpc) is 2.28. The Bertz CT molecular complexity index is 465. The Labute approximate surface area is 89.3 Å². The molecule has 3 heteroatoms. The van der Waals surface area contributed by atoms with Crippen molar-refractivity contribution >= 4 is 16.7 Å². The molecule has 0 atom stereocenters. The molecule has 3 nitrogen and oxygen atoms in total. The molecule has 0 amide bonds. The topological polar surface area (TPSA) is 50.9 Å². The lowest BCUT2D eigenvalue weighted by molar-refractivity contribution is 1.07. The van der Waals surface area contributed by atoms with Crippen molar-refractivity contribution in [3.63, 3.8) is 0 Å². The number of nitrogens with one attached hydrogen (secondary N) is 1. The van der Waals surface area contributed by atoms with Crippen molar-refractivity contribution in [3.05, 3.63) is 35.9 Å². The second-order valence-corrected chi connectivity index (χ2v) is 3.42. The highest BCUT2D eigenvalue weighted by atomic mass is 15.0. The lowest BCUT2D eigenvalue weighted by atomic mass is 10.1. The van der Waals surface area contributed by atoms with Crippen LogP contribution in [0, 0.1) is 0 Å². The molecule has 2 aromatic rings. The molecule has 15 heavy (non-hydrogen) atoms. The van der Waals surface area contributed by atoms with Crippen molar-refractivity contribution in [3.8, 4) is 0 Å². The zero-order valence-electron chi connectivity index (χ0n) is 8.83. The van der Waals surface area contributed by atoms with Gasteiger partial charge in [-0.05, 0) is 24.6 Å². The molecule has 0 fully saturated rings. The highest BCUT2D eigenvalue weighted by Gasteiger charge is 2.02. The lowest BCUT2D eigenvalue weighted by Gasteiger charge is -2.08. The van der Waals surface area contributed by atoms with Crippen molar-refractivity contribution in [2.24, 2.45) is 5.73 Å². The minimum atomic E-state index is 0.543. The van der Waals surface area contributed by atoms with Gasteiger partial charge in [0, 0.05) is 18.5 Å². The Hall–Kier alpha value is -1.61. The fraction of sp³-hybridized carbons (Fsp3) is 0.250. The van der Waals surface area contributed by atoms with Crippen LogP contribution in [0.3, 0.4) is 0 Å². The Morgan fingerprint density at radius 3 is 2.87 bits per heavy atom. The zero-order valence-corrected chi connectivity index (χ0v) is 8.83. The number of nitrogens with two attached hydrogens (primary N) is 1. The van der Waals surface area contributed by atoms with E-state index in [1.165, 1.54) is 0 Å². The first-order chi connectivity index (χ1) is 7.35. The summed E-state index contributed by atoms with van der Waals surface area (Å²) in [6.07, 6.45) is 0. The molecule has 0 bridgehead atoms. The van der Waals surface area contributed by atoms with Gasteiger partial charge >= 0.3 is 0 Å². The maximum Gasteiger partial charge on any atom is 0.126 e. The number of anilines is 1. The van der Waals surface area contributed by atoms with Gasteiger partial charge in [0.05, 0.1) is 5.52 Å². The van der Waals surface area contributed by atoms with Gasteiger partial charge in [0.2, 0.25) is 0 Å². The van der Waals surface area contributed by atoms with E-state index < -0.39 is 0 Å². The van der Waals surface area contributed by atoms with Crippen LogP contribution in [-0.2, 0) is 6.54 Å². The number of nitrogens with zero attached hydrogens (tertiary/aromatic N) is 1. The number of benzene rings is 1. The largest absolute Gasteiger partial charge is 0.370 e. The van der Waals surface area contributed by atoms with Crippen molar-refractivity contribution < 1.29 is 0 Å². The van der Waals surface area contributed by atoms with E-state index in [0.29, 0.717) is 6.54 Å². The van der Waals surface area contributed by atoms with Crippen molar-refractivity contribution in [2.45, 2.75) is 13.5 Å². The van der Waals surface area contributed by atoms with Crippen LogP contribution in [0.5, 0.6) is 0 Å². The first-order valence-electron chi connectivity index (χ1n) is 5.17. The van der Waals surface area contributed by atoms with Crippen LogP contribution in [0.4, 0.5) is 5.82 Å². The summed E-state index contributed by atoms with van der Waals surface area (Å²) in [7, 11) is 0. The van der Waals surface area contributed by atoms with E-state index in [1.807, 2.05) is 24.3 Å². The Morgan fingerprint density at radius 1 is 1.33 bits per heavy atom. The SMILES string of the molecule is CCNc1cc(CN)c2ccccc2n1. The van der Waals surface area contributed by atoms with Crippen molar-refractivity contribution in [1.29, 1.82) is 0 Å². The monoisotopic (exact) mass is 201 g/mol. The summed E-state index contributed by atoms with van der Waals surface area (Å²) in [5.74, 6) is 0.900. The summed E-state index contributed by atoms with van der Waals surface area (Å²) in [6, 6.07) is 10.1. The summed E-state index contributed by atoms with van der Waals surface area (Å²) < 4.78 is 0. The zero-order chi connectivity index (χ0) is 10.7. The molecule has 2 rings (SSSR count). The number of rotatable bonds is 3. The van der Waals surface area contributed by atoms with Gasteiger partial charge in [-0.15, -0.1) is 0 Å². The van der Waals surface area contributed by atoms with Crippen LogP contribution >= 0.6 is 0 Å². The molecule has 1 aromatic carbocycles. The quantitative estimate of drug-likeness (QED) is 0.799. The molecule has 0 saturated heterocycles. The first kappa shape index (κ1) is 9.93. The minimum absolute atomic E-state index is 0.543. The van der Waals surface area contributed by atoms with Crippen LogP contribution in [0.2, 0.25) is 0 Å². The van der Waals surface area contributed by atoms with E-state index in [1.54, 1.807) is 0 Å². The van der Waals surface area contributed by atoms with Crippen molar-refractivity contribution in [2.75, 3.05) is 11.9 Å². The third-order valence-electron chi connectivity index (χ3n) is 2.38. The summed E-state index contributed by atoms with van der Waals surface area (Å²) in [5.41, 5.74) is 7.86. The van der Waals surface area contributed by atoms with E-state index in [2.05, 4.69) is 23.3 Å². The maximum atomic E-state index is 5.73. The predicted octanol–water partition coefficient (Wildman–Crippen LogP) is 2.13. The summed E-state index contributed by atoms with van der Waals surface area (Å²) in [6.45, 7) is 3.47. The first-order valence-corrected chi connectivity index (χ1v) is 5.17. The van der Waals surface area contributed by atoms with Gasteiger partial charge in [-0.1, -0.05) is 18.2 Å². The molecule has 78 valence electrons.